The summed E-state index contributed by atoms with van der Waals surface area (Å²) in [5, 5.41) is 4.13. The van der Waals surface area contributed by atoms with Crippen molar-refractivity contribution in [1.82, 2.24) is 10.3 Å². The van der Waals surface area contributed by atoms with Gasteiger partial charge >= 0.3 is 0 Å². The fourth-order valence-electron chi connectivity index (χ4n) is 2.68. The van der Waals surface area contributed by atoms with Crippen LogP contribution in [0.2, 0.25) is 5.02 Å². The summed E-state index contributed by atoms with van der Waals surface area (Å²) in [6, 6.07) is 2.07. The number of sulfone groups is 1. The van der Waals surface area contributed by atoms with Crippen LogP contribution < -0.4 is 5.32 Å². The predicted molar refractivity (Wildman–Crippen MR) is 81.8 cm³/mol. The Balaban J connectivity index is 2.10. The highest BCUT2D eigenvalue weighted by Gasteiger charge is 2.33. The molecule has 0 saturated carbocycles. The smallest absolute Gasteiger partial charge is 0.150 e. The molecule has 0 aliphatic carbocycles. The van der Waals surface area contributed by atoms with Gasteiger partial charge in [-0.25, -0.2) is 8.42 Å². The van der Waals surface area contributed by atoms with E-state index in [-0.39, 0.29) is 17.7 Å². The third-order valence-corrected chi connectivity index (χ3v) is 5.92. The molecule has 0 bridgehead atoms. The maximum Gasteiger partial charge on any atom is 0.150 e. The molecule has 1 fully saturated rings. The minimum atomic E-state index is -2.85. The Morgan fingerprint density at radius 3 is 2.95 bits per heavy atom. The molecular formula is C14H21ClN2O2S. The van der Waals surface area contributed by atoms with Gasteiger partial charge in [0.25, 0.3) is 0 Å². The summed E-state index contributed by atoms with van der Waals surface area (Å²) in [5.41, 5.74) is 1.03. The van der Waals surface area contributed by atoms with Gasteiger partial charge in [-0.2, -0.15) is 0 Å². The van der Waals surface area contributed by atoms with E-state index in [9.17, 15) is 8.42 Å². The second-order valence-corrected chi connectivity index (χ2v) is 8.03. The van der Waals surface area contributed by atoms with Gasteiger partial charge in [0.05, 0.1) is 16.5 Å². The minimum Gasteiger partial charge on any atom is -0.313 e. The van der Waals surface area contributed by atoms with Crippen molar-refractivity contribution in [2.45, 2.75) is 32.2 Å². The number of nitrogens with one attached hydrogen (secondary N) is 1. The van der Waals surface area contributed by atoms with E-state index in [0.29, 0.717) is 10.8 Å². The molecule has 2 heterocycles. The van der Waals surface area contributed by atoms with Crippen LogP contribution in [0, 0.1) is 5.92 Å². The summed E-state index contributed by atoms with van der Waals surface area (Å²) in [6.07, 6.45) is 5.89. The number of hydrogen-bond acceptors (Lipinski definition) is 4. The van der Waals surface area contributed by atoms with Gasteiger partial charge in [-0.3, -0.25) is 4.98 Å². The van der Waals surface area contributed by atoms with Crippen LogP contribution in [0.4, 0.5) is 0 Å². The third-order valence-electron chi connectivity index (χ3n) is 3.79. The van der Waals surface area contributed by atoms with E-state index in [1.54, 1.807) is 12.4 Å². The van der Waals surface area contributed by atoms with Crippen LogP contribution >= 0.6 is 11.6 Å². The molecular weight excluding hydrogens is 296 g/mol. The quantitative estimate of drug-likeness (QED) is 0.873. The van der Waals surface area contributed by atoms with Gasteiger partial charge in [0.15, 0.2) is 9.84 Å². The van der Waals surface area contributed by atoms with Gasteiger partial charge in [-0.1, -0.05) is 18.5 Å². The summed E-state index contributed by atoms with van der Waals surface area (Å²) in [7, 11) is -2.85. The molecule has 1 aliphatic heterocycles. The van der Waals surface area contributed by atoms with Crippen LogP contribution in [0.1, 0.15) is 25.3 Å². The number of aromatic nitrogens is 1. The third kappa shape index (κ3) is 4.17. The average Bonchev–Trinajstić information content (AvgIpc) is 2.77. The van der Waals surface area contributed by atoms with Crippen molar-refractivity contribution in [3.63, 3.8) is 0 Å². The van der Waals surface area contributed by atoms with Crippen LogP contribution in [0.15, 0.2) is 18.5 Å². The number of hydrogen-bond donors (Lipinski definition) is 1. The molecule has 112 valence electrons. The Bertz CT molecular complexity index is 548. The normalized spacial score (nSPS) is 22.8. The standard InChI is InChI=1S/C14H21ClN2O2S/c1-2-5-17-14(12-4-7-20(18,19)10-12)8-11-3-6-16-9-13(11)15/h3,6,9,12,14,17H,2,4-5,7-8,10H2,1H3. The molecule has 20 heavy (non-hydrogen) atoms. The van der Waals surface area contributed by atoms with Crippen molar-refractivity contribution >= 4 is 21.4 Å². The maximum absolute atomic E-state index is 11.7. The average molecular weight is 317 g/mol. The highest BCUT2D eigenvalue weighted by Crippen LogP contribution is 2.25. The number of halogens is 1. The molecule has 0 spiro atoms. The zero-order valence-electron chi connectivity index (χ0n) is 11.7. The van der Waals surface area contributed by atoms with Crippen LogP contribution in [0.3, 0.4) is 0 Å². The summed E-state index contributed by atoms with van der Waals surface area (Å²) in [6.45, 7) is 3.00. The summed E-state index contributed by atoms with van der Waals surface area (Å²) >= 11 is 6.16. The monoisotopic (exact) mass is 316 g/mol. The summed E-state index contributed by atoms with van der Waals surface area (Å²) < 4.78 is 23.3. The fraction of sp³-hybridized carbons (Fsp3) is 0.643. The van der Waals surface area contributed by atoms with E-state index in [0.717, 1.165) is 31.4 Å². The van der Waals surface area contributed by atoms with Crippen molar-refractivity contribution in [2.24, 2.45) is 5.92 Å². The van der Waals surface area contributed by atoms with E-state index >= 15 is 0 Å². The van der Waals surface area contributed by atoms with Crippen molar-refractivity contribution in [1.29, 1.82) is 0 Å². The Labute approximate surface area is 125 Å². The molecule has 1 N–H and O–H groups in total. The zero-order valence-corrected chi connectivity index (χ0v) is 13.3. The molecule has 2 rings (SSSR count). The highest BCUT2D eigenvalue weighted by molar-refractivity contribution is 7.91. The molecule has 2 atom stereocenters. The zero-order chi connectivity index (χ0) is 14.6. The number of pyridine rings is 1. The van der Waals surface area contributed by atoms with Crippen LogP contribution in [-0.2, 0) is 16.3 Å². The van der Waals surface area contributed by atoms with Crippen molar-refractivity contribution in [2.75, 3.05) is 18.1 Å². The van der Waals surface area contributed by atoms with E-state index < -0.39 is 9.84 Å². The van der Waals surface area contributed by atoms with Gasteiger partial charge in [0.2, 0.25) is 0 Å². The van der Waals surface area contributed by atoms with Crippen LogP contribution in [0.5, 0.6) is 0 Å². The lowest BCUT2D eigenvalue weighted by Crippen LogP contribution is -2.39. The topological polar surface area (TPSA) is 59.1 Å². The second kappa shape index (κ2) is 6.87. The fourth-order valence-corrected chi connectivity index (χ4v) is 4.76. The molecule has 1 aromatic rings. The lowest BCUT2D eigenvalue weighted by atomic mass is 9.93. The molecule has 4 nitrogen and oxygen atoms in total. The molecule has 0 radical (unpaired) electrons. The maximum atomic E-state index is 11.7. The summed E-state index contributed by atoms with van der Waals surface area (Å²) in [5.74, 6) is 0.777. The van der Waals surface area contributed by atoms with Crippen LogP contribution in [0.25, 0.3) is 0 Å². The first-order valence-electron chi connectivity index (χ1n) is 7.04. The molecule has 1 aromatic heterocycles. The molecule has 0 aromatic carbocycles. The lowest BCUT2D eigenvalue weighted by Gasteiger charge is -2.24. The Hall–Kier alpha value is -0.650. The van der Waals surface area contributed by atoms with Gasteiger partial charge in [-0.05, 0) is 43.4 Å². The molecule has 6 heteroatoms. The van der Waals surface area contributed by atoms with Gasteiger partial charge in [-0.15, -0.1) is 0 Å². The Kier molecular flexibility index (Phi) is 5.41. The molecule has 2 unspecified atom stereocenters. The van der Waals surface area contributed by atoms with Crippen molar-refractivity contribution in [3.8, 4) is 0 Å². The first-order chi connectivity index (χ1) is 9.52. The Morgan fingerprint density at radius 2 is 2.35 bits per heavy atom. The molecule has 1 saturated heterocycles. The minimum absolute atomic E-state index is 0.159. The SMILES string of the molecule is CCCNC(Cc1ccncc1Cl)C1CCS(=O)(=O)C1. The van der Waals surface area contributed by atoms with Gasteiger partial charge < -0.3 is 5.32 Å². The van der Waals surface area contributed by atoms with E-state index in [4.69, 9.17) is 11.6 Å². The number of rotatable bonds is 6. The van der Waals surface area contributed by atoms with Gasteiger partial charge in [0.1, 0.15) is 0 Å². The first-order valence-corrected chi connectivity index (χ1v) is 9.24. The lowest BCUT2D eigenvalue weighted by molar-refractivity contribution is 0.379. The predicted octanol–water partition coefficient (Wildman–Crippen LogP) is 2.08. The first kappa shape index (κ1) is 15.7. The Morgan fingerprint density at radius 1 is 1.55 bits per heavy atom. The molecule has 1 aliphatic rings. The van der Waals surface area contributed by atoms with E-state index in [2.05, 4.69) is 17.2 Å². The van der Waals surface area contributed by atoms with E-state index in [1.807, 2.05) is 6.07 Å². The van der Waals surface area contributed by atoms with Crippen molar-refractivity contribution < 1.29 is 8.42 Å². The highest BCUT2D eigenvalue weighted by atomic mass is 35.5. The van der Waals surface area contributed by atoms with Crippen molar-refractivity contribution in [3.05, 3.63) is 29.0 Å². The van der Waals surface area contributed by atoms with Crippen LogP contribution in [-0.4, -0.2) is 37.5 Å². The summed E-state index contributed by atoms with van der Waals surface area (Å²) in [4.78, 5) is 3.99. The number of nitrogens with zero attached hydrogens (tertiary/aromatic N) is 1. The molecule has 0 amide bonds. The largest absolute Gasteiger partial charge is 0.313 e. The second-order valence-electron chi connectivity index (χ2n) is 5.39. The van der Waals surface area contributed by atoms with Gasteiger partial charge in [0, 0.05) is 18.4 Å². The van der Waals surface area contributed by atoms with E-state index in [1.165, 1.54) is 0 Å².